The Morgan fingerprint density at radius 3 is 2.62 bits per heavy atom. The summed E-state index contributed by atoms with van der Waals surface area (Å²) in [6.45, 7) is 1.46. The van der Waals surface area contributed by atoms with Gasteiger partial charge in [0.25, 0.3) is 0 Å². The summed E-state index contributed by atoms with van der Waals surface area (Å²) in [6.07, 6.45) is 1.04. The third kappa shape index (κ3) is 3.17. The van der Waals surface area contributed by atoms with Crippen LogP contribution in [0.1, 0.15) is 11.1 Å². The molecular weight excluding hydrogens is 264 g/mol. The highest BCUT2D eigenvalue weighted by Crippen LogP contribution is 2.13. The number of fused-ring (bicyclic) bond motifs is 1. The molecule has 2 aromatic rings. The van der Waals surface area contributed by atoms with Crippen molar-refractivity contribution < 1.29 is 9.04 Å². The van der Waals surface area contributed by atoms with Gasteiger partial charge in [0.2, 0.25) is 0 Å². The molecule has 3 rings (SSSR count). The molecule has 21 heavy (non-hydrogen) atoms. The highest BCUT2D eigenvalue weighted by molar-refractivity contribution is 6.81. The molecule has 0 bridgehead atoms. The molecule has 0 saturated heterocycles. The van der Waals surface area contributed by atoms with Gasteiger partial charge in [-0.1, -0.05) is 30.3 Å². The molecule has 0 N–H and O–H groups in total. The Balaban J connectivity index is 1.77. The van der Waals surface area contributed by atoms with Crippen LogP contribution in [-0.2, 0) is 17.7 Å². The number of rotatable bonds is 4. The van der Waals surface area contributed by atoms with Gasteiger partial charge in [-0.2, -0.15) is 0 Å². The molecule has 0 spiro atoms. The highest BCUT2D eigenvalue weighted by Gasteiger charge is 2.29. The second-order valence-electron chi connectivity index (χ2n) is 5.83. The second kappa shape index (κ2) is 6.00. The van der Waals surface area contributed by atoms with Crippen molar-refractivity contribution in [3.05, 3.63) is 59.4 Å². The molecule has 0 saturated carbocycles. The molecule has 0 aromatic heterocycles. The molecule has 2 aromatic carbocycles. The van der Waals surface area contributed by atoms with Crippen molar-refractivity contribution >= 4 is 17.8 Å². The standard InChI is InChI=1S/C17H19BFNO/c1-20(2)10-9-13-3-5-15(6-4-13)18-17-8-7-16(19)11-14(17)12-21-18/h3-8,11H,9-10,12H2,1-2H3. The predicted octanol–water partition coefficient (Wildman–Crippen LogP) is 1.57. The van der Waals surface area contributed by atoms with Crippen LogP contribution in [-0.4, -0.2) is 32.5 Å². The van der Waals surface area contributed by atoms with Crippen LogP contribution in [0.3, 0.4) is 0 Å². The minimum absolute atomic E-state index is 0.0662. The molecular formula is C17H19BFNO. The van der Waals surface area contributed by atoms with Crippen molar-refractivity contribution in [1.82, 2.24) is 4.90 Å². The van der Waals surface area contributed by atoms with Crippen molar-refractivity contribution in [1.29, 1.82) is 0 Å². The number of likely N-dealkylation sites (N-methyl/N-ethyl adjacent to an activating group) is 1. The van der Waals surface area contributed by atoms with Crippen molar-refractivity contribution in [3.8, 4) is 0 Å². The van der Waals surface area contributed by atoms with Gasteiger partial charge in [0.15, 0.2) is 0 Å². The quantitative estimate of drug-likeness (QED) is 0.790. The molecule has 0 unspecified atom stereocenters. The van der Waals surface area contributed by atoms with Crippen LogP contribution in [0.4, 0.5) is 4.39 Å². The second-order valence-corrected chi connectivity index (χ2v) is 5.83. The molecule has 108 valence electrons. The number of hydrogen-bond acceptors (Lipinski definition) is 2. The zero-order chi connectivity index (χ0) is 14.8. The van der Waals surface area contributed by atoms with Crippen LogP contribution in [0, 0.1) is 5.82 Å². The van der Waals surface area contributed by atoms with E-state index in [9.17, 15) is 4.39 Å². The SMILES string of the molecule is CN(C)CCc1ccc(B2OCc3cc(F)ccc32)cc1. The van der Waals surface area contributed by atoms with E-state index in [1.807, 2.05) is 6.07 Å². The van der Waals surface area contributed by atoms with Crippen molar-refractivity contribution in [2.75, 3.05) is 20.6 Å². The minimum atomic E-state index is -0.197. The predicted molar refractivity (Wildman–Crippen MR) is 84.9 cm³/mol. The van der Waals surface area contributed by atoms with Crippen LogP contribution in [0.5, 0.6) is 0 Å². The zero-order valence-corrected chi connectivity index (χ0v) is 12.5. The zero-order valence-electron chi connectivity index (χ0n) is 12.5. The third-order valence-corrected chi connectivity index (χ3v) is 3.92. The number of hydrogen-bond donors (Lipinski definition) is 0. The molecule has 0 atom stereocenters. The van der Waals surface area contributed by atoms with Gasteiger partial charge in [0, 0.05) is 6.54 Å². The Hall–Kier alpha value is -1.65. The van der Waals surface area contributed by atoms with Gasteiger partial charge >= 0.3 is 6.92 Å². The van der Waals surface area contributed by atoms with Gasteiger partial charge in [-0.3, -0.25) is 0 Å². The van der Waals surface area contributed by atoms with Gasteiger partial charge in [0.05, 0.1) is 6.61 Å². The summed E-state index contributed by atoms with van der Waals surface area (Å²) in [5.74, 6) is -0.197. The summed E-state index contributed by atoms with van der Waals surface area (Å²) in [5, 5.41) is 0. The summed E-state index contributed by atoms with van der Waals surface area (Å²) in [6, 6.07) is 13.5. The van der Waals surface area contributed by atoms with Crippen molar-refractivity contribution in [2.45, 2.75) is 13.0 Å². The molecule has 0 amide bonds. The summed E-state index contributed by atoms with van der Waals surface area (Å²) in [5.41, 5.74) is 4.49. The van der Waals surface area contributed by atoms with E-state index in [1.165, 1.54) is 11.6 Å². The Morgan fingerprint density at radius 2 is 1.90 bits per heavy atom. The van der Waals surface area contributed by atoms with Crippen molar-refractivity contribution in [2.24, 2.45) is 0 Å². The maximum absolute atomic E-state index is 13.2. The topological polar surface area (TPSA) is 12.5 Å². The molecule has 2 nitrogen and oxygen atoms in total. The lowest BCUT2D eigenvalue weighted by molar-refractivity contribution is 0.336. The lowest BCUT2D eigenvalue weighted by Crippen LogP contribution is -2.41. The maximum Gasteiger partial charge on any atom is 0.362 e. The van der Waals surface area contributed by atoms with E-state index in [0.717, 1.165) is 29.5 Å². The average Bonchev–Trinajstić information content (AvgIpc) is 2.88. The van der Waals surface area contributed by atoms with Crippen LogP contribution in [0.2, 0.25) is 0 Å². The first-order valence-electron chi connectivity index (χ1n) is 7.27. The Kier molecular flexibility index (Phi) is 4.09. The van der Waals surface area contributed by atoms with Crippen LogP contribution in [0.25, 0.3) is 0 Å². The van der Waals surface area contributed by atoms with Gasteiger partial charge < -0.3 is 9.55 Å². The van der Waals surface area contributed by atoms with E-state index in [0.29, 0.717) is 6.61 Å². The van der Waals surface area contributed by atoms with Gasteiger partial charge in [-0.15, -0.1) is 0 Å². The van der Waals surface area contributed by atoms with Gasteiger partial charge in [0.1, 0.15) is 5.82 Å². The summed E-state index contributed by atoms with van der Waals surface area (Å²) in [7, 11) is 4.16. The van der Waals surface area contributed by atoms with E-state index < -0.39 is 0 Å². The third-order valence-electron chi connectivity index (χ3n) is 3.92. The fourth-order valence-corrected chi connectivity index (χ4v) is 2.71. The van der Waals surface area contributed by atoms with Crippen molar-refractivity contribution in [3.63, 3.8) is 0 Å². The van der Waals surface area contributed by atoms with E-state index in [1.54, 1.807) is 6.07 Å². The molecule has 1 aliphatic rings. The number of halogens is 1. The van der Waals surface area contributed by atoms with E-state index in [2.05, 4.69) is 43.3 Å². The van der Waals surface area contributed by atoms with E-state index in [-0.39, 0.29) is 12.7 Å². The Bertz CT molecular complexity index is 627. The van der Waals surface area contributed by atoms with E-state index in [4.69, 9.17) is 4.65 Å². The molecule has 1 aliphatic heterocycles. The first-order chi connectivity index (χ1) is 10.1. The number of benzene rings is 2. The molecule has 4 heteroatoms. The monoisotopic (exact) mass is 283 g/mol. The lowest BCUT2D eigenvalue weighted by Gasteiger charge is -2.11. The van der Waals surface area contributed by atoms with Crippen LogP contribution in [0.15, 0.2) is 42.5 Å². The molecule has 0 fully saturated rings. The lowest BCUT2D eigenvalue weighted by atomic mass is 9.56. The van der Waals surface area contributed by atoms with Gasteiger partial charge in [-0.25, -0.2) is 4.39 Å². The summed E-state index contributed by atoms with van der Waals surface area (Å²) in [4.78, 5) is 2.18. The largest absolute Gasteiger partial charge is 0.423 e. The minimum Gasteiger partial charge on any atom is -0.423 e. The fourth-order valence-electron chi connectivity index (χ4n) is 2.71. The highest BCUT2D eigenvalue weighted by atomic mass is 19.1. The van der Waals surface area contributed by atoms with E-state index >= 15 is 0 Å². The molecule has 1 heterocycles. The normalized spacial score (nSPS) is 13.8. The summed E-state index contributed by atoms with van der Waals surface area (Å²) >= 11 is 0. The number of nitrogens with zero attached hydrogens (tertiary/aromatic N) is 1. The Morgan fingerprint density at radius 1 is 1.14 bits per heavy atom. The summed E-state index contributed by atoms with van der Waals surface area (Å²) < 4.78 is 19.1. The average molecular weight is 283 g/mol. The first kappa shape index (κ1) is 14.3. The first-order valence-corrected chi connectivity index (χ1v) is 7.27. The van der Waals surface area contributed by atoms with Gasteiger partial charge in [-0.05, 0) is 54.7 Å². The smallest absolute Gasteiger partial charge is 0.362 e. The maximum atomic E-state index is 13.2. The fraction of sp³-hybridized carbons (Fsp3) is 0.294. The molecule has 0 radical (unpaired) electrons. The van der Waals surface area contributed by atoms with Crippen LogP contribution < -0.4 is 10.9 Å². The Labute approximate surface area is 125 Å². The van der Waals surface area contributed by atoms with Crippen LogP contribution >= 0.6 is 0 Å². The molecule has 0 aliphatic carbocycles.